The summed E-state index contributed by atoms with van der Waals surface area (Å²) in [5, 5.41) is 6.44. The van der Waals surface area contributed by atoms with Crippen molar-refractivity contribution in [2.45, 2.75) is 45.8 Å². The van der Waals surface area contributed by atoms with Gasteiger partial charge in [0, 0.05) is 24.6 Å². The normalized spacial score (nSPS) is 18.9. The third-order valence-corrected chi connectivity index (χ3v) is 3.06. The lowest BCUT2D eigenvalue weighted by molar-refractivity contribution is 0.0157. The predicted molar refractivity (Wildman–Crippen MR) is 69.9 cm³/mol. The van der Waals surface area contributed by atoms with E-state index in [1.54, 1.807) is 4.90 Å². The van der Waals surface area contributed by atoms with Crippen molar-refractivity contribution in [3.05, 3.63) is 27.7 Å². The average Bonchev–Trinajstić information content (AvgIpc) is 2.28. The standard InChI is InChI=1S/C13H19N3O3/c1-8-9-7-11(17)15-14-10(9)5-6-16(8)12(18)19-13(2,3)4/h7-8H,5-6H2,1-4H3,(H,15,17)/t8-/m1/s1. The maximum absolute atomic E-state index is 12.1. The summed E-state index contributed by atoms with van der Waals surface area (Å²) in [6.07, 6.45) is 0.265. The van der Waals surface area contributed by atoms with Gasteiger partial charge in [-0.25, -0.2) is 9.89 Å². The number of hydrogen-bond acceptors (Lipinski definition) is 4. The van der Waals surface area contributed by atoms with Crippen molar-refractivity contribution >= 4 is 6.09 Å². The molecule has 2 rings (SSSR count). The van der Waals surface area contributed by atoms with Crippen LogP contribution in [0.4, 0.5) is 4.79 Å². The molecule has 1 N–H and O–H groups in total. The van der Waals surface area contributed by atoms with Crippen LogP contribution in [0.5, 0.6) is 0 Å². The zero-order valence-electron chi connectivity index (χ0n) is 11.7. The zero-order chi connectivity index (χ0) is 14.2. The Morgan fingerprint density at radius 1 is 1.53 bits per heavy atom. The zero-order valence-corrected chi connectivity index (χ0v) is 11.7. The third kappa shape index (κ3) is 2.94. The van der Waals surface area contributed by atoms with Gasteiger partial charge in [-0.15, -0.1) is 0 Å². The summed E-state index contributed by atoms with van der Waals surface area (Å²) in [6.45, 7) is 7.92. The molecule has 104 valence electrons. The van der Waals surface area contributed by atoms with Crippen molar-refractivity contribution in [2.24, 2.45) is 0 Å². The first-order valence-electron chi connectivity index (χ1n) is 6.36. The second-order valence-electron chi connectivity index (χ2n) is 5.73. The van der Waals surface area contributed by atoms with Gasteiger partial charge in [0.25, 0.3) is 5.56 Å². The Labute approximate surface area is 111 Å². The van der Waals surface area contributed by atoms with Crippen LogP contribution in [0.15, 0.2) is 10.9 Å². The lowest BCUT2D eigenvalue weighted by Gasteiger charge is -2.35. The number of rotatable bonds is 0. The monoisotopic (exact) mass is 265 g/mol. The Balaban J connectivity index is 2.23. The molecule has 6 nitrogen and oxygen atoms in total. The van der Waals surface area contributed by atoms with Crippen molar-refractivity contribution < 1.29 is 9.53 Å². The summed E-state index contributed by atoms with van der Waals surface area (Å²) in [4.78, 5) is 25.1. The number of fused-ring (bicyclic) bond motifs is 1. The van der Waals surface area contributed by atoms with Crippen LogP contribution < -0.4 is 5.56 Å². The van der Waals surface area contributed by atoms with Gasteiger partial charge in [0.15, 0.2) is 0 Å². The minimum atomic E-state index is -0.524. The van der Waals surface area contributed by atoms with E-state index in [1.165, 1.54) is 6.07 Å². The number of amides is 1. The number of aromatic nitrogens is 2. The van der Waals surface area contributed by atoms with Crippen molar-refractivity contribution in [2.75, 3.05) is 6.54 Å². The molecular formula is C13H19N3O3. The van der Waals surface area contributed by atoms with Gasteiger partial charge in [0.1, 0.15) is 5.60 Å². The number of ether oxygens (including phenoxy) is 1. The molecule has 1 aromatic heterocycles. The van der Waals surface area contributed by atoms with Crippen LogP contribution in [-0.4, -0.2) is 33.3 Å². The fraction of sp³-hybridized carbons (Fsp3) is 0.615. The van der Waals surface area contributed by atoms with Crippen LogP contribution >= 0.6 is 0 Å². The SMILES string of the molecule is C[C@@H]1c2cc(=O)[nH]nc2CCN1C(=O)OC(C)(C)C. The lowest BCUT2D eigenvalue weighted by atomic mass is 9.99. The third-order valence-electron chi connectivity index (χ3n) is 3.06. The summed E-state index contributed by atoms with van der Waals surface area (Å²) in [6, 6.07) is 1.30. The van der Waals surface area contributed by atoms with E-state index in [1.807, 2.05) is 27.7 Å². The number of H-pyrrole nitrogens is 1. The first-order chi connectivity index (χ1) is 8.78. The predicted octanol–water partition coefficient (Wildman–Crippen LogP) is 1.62. The van der Waals surface area contributed by atoms with Gasteiger partial charge < -0.3 is 9.64 Å². The Morgan fingerprint density at radius 3 is 2.84 bits per heavy atom. The van der Waals surface area contributed by atoms with Gasteiger partial charge in [-0.05, 0) is 27.7 Å². The first kappa shape index (κ1) is 13.6. The van der Waals surface area contributed by atoms with Gasteiger partial charge in [-0.2, -0.15) is 5.10 Å². The fourth-order valence-corrected chi connectivity index (χ4v) is 2.16. The van der Waals surface area contributed by atoms with E-state index in [0.29, 0.717) is 13.0 Å². The van der Waals surface area contributed by atoms with E-state index in [0.717, 1.165) is 11.3 Å². The highest BCUT2D eigenvalue weighted by atomic mass is 16.6. The molecule has 2 heterocycles. The molecule has 0 saturated carbocycles. The Bertz CT molecular complexity index is 545. The largest absolute Gasteiger partial charge is 0.444 e. The van der Waals surface area contributed by atoms with Gasteiger partial charge in [0.2, 0.25) is 0 Å². The quantitative estimate of drug-likeness (QED) is 0.773. The number of carbonyl (C=O) groups is 1. The van der Waals surface area contributed by atoms with Crippen LogP contribution in [0.1, 0.15) is 45.0 Å². The Kier molecular flexibility index (Phi) is 3.34. The molecule has 1 aliphatic heterocycles. The maximum atomic E-state index is 12.1. The van der Waals surface area contributed by atoms with Crippen LogP contribution in [0.25, 0.3) is 0 Å². The fourth-order valence-electron chi connectivity index (χ4n) is 2.16. The molecule has 0 fully saturated rings. The highest BCUT2D eigenvalue weighted by Crippen LogP contribution is 2.28. The van der Waals surface area contributed by atoms with Gasteiger partial charge in [-0.1, -0.05) is 0 Å². The van der Waals surface area contributed by atoms with Crippen molar-refractivity contribution in [3.8, 4) is 0 Å². The Hall–Kier alpha value is -1.85. The Morgan fingerprint density at radius 2 is 2.21 bits per heavy atom. The molecule has 1 aliphatic rings. The highest BCUT2D eigenvalue weighted by molar-refractivity contribution is 5.69. The molecule has 0 bridgehead atoms. The smallest absolute Gasteiger partial charge is 0.410 e. The summed E-state index contributed by atoms with van der Waals surface area (Å²) >= 11 is 0. The van der Waals surface area contributed by atoms with E-state index in [2.05, 4.69) is 10.2 Å². The van der Waals surface area contributed by atoms with Gasteiger partial charge in [-0.3, -0.25) is 4.79 Å². The number of aromatic amines is 1. The number of nitrogens with zero attached hydrogens (tertiary/aromatic N) is 2. The van der Waals surface area contributed by atoms with Crippen LogP contribution in [-0.2, 0) is 11.2 Å². The number of nitrogens with one attached hydrogen (secondary N) is 1. The molecule has 1 atom stereocenters. The average molecular weight is 265 g/mol. The van der Waals surface area contributed by atoms with Crippen LogP contribution in [0.3, 0.4) is 0 Å². The van der Waals surface area contributed by atoms with Crippen molar-refractivity contribution in [1.29, 1.82) is 0 Å². The minimum Gasteiger partial charge on any atom is -0.444 e. The van der Waals surface area contributed by atoms with Crippen LogP contribution in [0, 0.1) is 0 Å². The second kappa shape index (κ2) is 4.68. The van der Waals surface area contributed by atoms with Crippen LogP contribution in [0.2, 0.25) is 0 Å². The van der Waals surface area contributed by atoms with E-state index in [-0.39, 0.29) is 17.7 Å². The molecular weight excluding hydrogens is 246 g/mol. The lowest BCUT2D eigenvalue weighted by Crippen LogP contribution is -2.42. The molecule has 6 heteroatoms. The minimum absolute atomic E-state index is 0.201. The molecule has 0 unspecified atom stereocenters. The molecule has 19 heavy (non-hydrogen) atoms. The first-order valence-corrected chi connectivity index (χ1v) is 6.36. The van der Waals surface area contributed by atoms with Crippen molar-refractivity contribution in [1.82, 2.24) is 15.1 Å². The van der Waals surface area contributed by atoms with Gasteiger partial charge in [0.05, 0.1) is 11.7 Å². The van der Waals surface area contributed by atoms with Gasteiger partial charge >= 0.3 is 6.09 Å². The highest BCUT2D eigenvalue weighted by Gasteiger charge is 2.31. The van der Waals surface area contributed by atoms with E-state index < -0.39 is 5.60 Å². The molecule has 0 aromatic carbocycles. The molecule has 0 aliphatic carbocycles. The second-order valence-corrected chi connectivity index (χ2v) is 5.73. The molecule has 0 saturated heterocycles. The molecule has 0 radical (unpaired) electrons. The summed E-state index contributed by atoms with van der Waals surface area (Å²) < 4.78 is 5.37. The molecule has 1 aromatic rings. The molecule has 1 amide bonds. The molecule has 0 spiro atoms. The summed E-state index contributed by atoms with van der Waals surface area (Å²) in [7, 11) is 0. The van der Waals surface area contributed by atoms with E-state index in [9.17, 15) is 9.59 Å². The van der Waals surface area contributed by atoms with E-state index in [4.69, 9.17) is 4.74 Å². The van der Waals surface area contributed by atoms with E-state index >= 15 is 0 Å². The number of hydrogen-bond donors (Lipinski definition) is 1. The maximum Gasteiger partial charge on any atom is 0.410 e. The topological polar surface area (TPSA) is 75.3 Å². The summed E-state index contributed by atoms with van der Waals surface area (Å²) in [5.41, 5.74) is 0.855. The number of carbonyl (C=O) groups excluding carboxylic acids is 1. The summed E-state index contributed by atoms with van der Waals surface area (Å²) in [5.74, 6) is 0. The van der Waals surface area contributed by atoms with Crippen molar-refractivity contribution in [3.63, 3.8) is 0 Å².